The fraction of sp³-hybridized carbons (Fsp3) is 0.875. The van der Waals surface area contributed by atoms with Crippen molar-refractivity contribution in [1.82, 2.24) is 5.32 Å². The van der Waals surface area contributed by atoms with E-state index in [4.69, 9.17) is 5.73 Å². The van der Waals surface area contributed by atoms with Gasteiger partial charge < -0.3 is 11.1 Å². The predicted molar refractivity (Wildman–Crippen MR) is 46.1 cm³/mol. The van der Waals surface area contributed by atoms with Crippen molar-refractivity contribution in [1.29, 1.82) is 0 Å². The lowest BCUT2D eigenvalue weighted by Gasteiger charge is -2.05. The third-order valence-electron chi connectivity index (χ3n) is 1.42. The third-order valence-corrected chi connectivity index (χ3v) is 1.42. The molecule has 0 aliphatic heterocycles. The molecule has 0 unspecified atom stereocenters. The molecule has 0 heterocycles. The monoisotopic (exact) mass is 158 g/mol. The van der Waals surface area contributed by atoms with Crippen LogP contribution in [0.25, 0.3) is 0 Å². The van der Waals surface area contributed by atoms with E-state index in [0.717, 1.165) is 13.0 Å². The van der Waals surface area contributed by atoms with E-state index in [1.807, 2.05) is 0 Å². The van der Waals surface area contributed by atoms with Crippen LogP contribution >= 0.6 is 0 Å². The van der Waals surface area contributed by atoms with E-state index < -0.39 is 0 Å². The first-order chi connectivity index (χ1) is 5.16. The molecule has 0 aromatic heterocycles. The Morgan fingerprint density at radius 1 is 1.55 bits per heavy atom. The van der Waals surface area contributed by atoms with Crippen molar-refractivity contribution in [3.63, 3.8) is 0 Å². The molecule has 0 rings (SSSR count). The van der Waals surface area contributed by atoms with Gasteiger partial charge in [0.15, 0.2) is 0 Å². The Morgan fingerprint density at radius 2 is 2.18 bits per heavy atom. The summed E-state index contributed by atoms with van der Waals surface area (Å²) < 4.78 is 0. The number of nitrogens with one attached hydrogen (secondary N) is 1. The van der Waals surface area contributed by atoms with Crippen LogP contribution in [-0.2, 0) is 4.79 Å². The lowest BCUT2D eigenvalue weighted by atomic mass is 10.1. The molecule has 0 radical (unpaired) electrons. The van der Waals surface area contributed by atoms with E-state index in [-0.39, 0.29) is 5.91 Å². The molecule has 0 atom stereocenters. The highest BCUT2D eigenvalue weighted by Crippen LogP contribution is 1.96. The van der Waals surface area contributed by atoms with Crippen molar-refractivity contribution in [3.8, 4) is 0 Å². The van der Waals surface area contributed by atoms with Gasteiger partial charge in [0.2, 0.25) is 5.91 Å². The van der Waals surface area contributed by atoms with E-state index in [1.165, 1.54) is 0 Å². The topological polar surface area (TPSA) is 55.1 Å². The molecule has 0 saturated carbocycles. The SMILES string of the molecule is CC(C)CCNC(=O)CCN. The Hall–Kier alpha value is -0.570. The zero-order valence-electron chi connectivity index (χ0n) is 7.39. The Morgan fingerprint density at radius 3 is 2.64 bits per heavy atom. The molecule has 0 bridgehead atoms. The number of rotatable bonds is 5. The summed E-state index contributed by atoms with van der Waals surface area (Å²) in [6.45, 7) is 5.48. The average molecular weight is 158 g/mol. The van der Waals surface area contributed by atoms with Gasteiger partial charge >= 0.3 is 0 Å². The summed E-state index contributed by atoms with van der Waals surface area (Å²) in [4.78, 5) is 10.8. The number of hydrogen-bond donors (Lipinski definition) is 2. The number of hydrogen-bond acceptors (Lipinski definition) is 2. The molecule has 3 nitrogen and oxygen atoms in total. The van der Waals surface area contributed by atoms with Crippen LogP contribution in [0.1, 0.15) is 26.7 Å². The quantitative estimate of drug-likeness (QED) is 0.612. The predicted octanol–water partition coefficient (Wildman–Crippen LogP) is 0.497. The maximum absolute atomic E-state index is 10.8. The normalized spacial score (nSPS) is 10.2. The van der Waals surface area contributed by atoms with Gasteiger partial charge in [-0.15, -0.1) is 0 Å². The molecule has 0 aliphatic rings. The Labute approximate surface area is 68.3 Å². The van der Waals surface area contributed by atoms with Crippen LogP contribution in [0, 0.1) is 5.92 Å². The van der Waals surface area contributed by atoms with Crippen LogP contribution < -0.4 is 11.1 Å². The standard InChI is InChI=1S/C8H18N2O/c1-7(2)4-6-10-8(11)3-5-9/h7H,3-6,9H2,1-2H3,(H,10,11). The molecule has 0 aromatic carbocycles. The van der Waals surface area contributed by atoms with E-state index in [9.17, 15) is 4.79 Å². The molecular formula is C8H18N2O. The minimum Gasteiger partial charge on any atom is -0.356 e. The van der Waals surface area contributed by atoms with Gasteiger partial charge in [-0.2, -0.15) is 0 Å². The summed E-state index contributed by atoms with van der Waals surface area (Å²) in [5.41, 5.74) is 5.20. The zero-order valence-corrected chi connectivity index (χ0v) is 7.39. The Kier molecular flexibility index (Phi) is 5.84. The average Bonchev–Trinajstić information content (AvgIpc) is 1.87. The molecule has 11 heavy (non-hydrogen) atoms. The highest BCUT2D eigenvalue weighted by molar-refractivity contribution is 5.75. The second kappa shape index (κ2) is 6.16. The molecule has 0 spiro atoms. The number of carbonyl (C=O) groups excluding carboxylic acids is 1. The van der Waals surface area contributed by atoms with Crippen molar-refractivity contribution < 1.29 is 4.79 Å². The maximum Gasteiger partial charge on any atom is 0.221 e. The van der Waals surface area contributed by atoms with Gasteiger partial charge in [0.25, 0.3) is 0 Å². The zero-order chi connectivity index (χ0) is 8.69. The van der Waals surface area contributed by atoms with E-state index in [2.05, 4.69) is 19.2 Å². The summed E-state index contributed by atoms with van der Waals surface area (Å²) in [6.07, 6.45) is 1.48. The van der Waals surface area contributed by atoms with Gasteiger partial charge in [0.05, 0.1) is 0 Å². The van der Waals surface area contributed by atoms with Crippen molar-refractivity contribution >= 4 is 5.91 Å². The first kappa shape index (κ1) is 10.4. The molecule has 66 valence electrons. The van der Waals surface area contributed by atoms with Gasteiger partial charge in [0.1, 0.15) is 0 Å². The van der Waals surface area contributed by atoms with Crippen molar-refractivity contribution in [3.05, 3.63) is 0 Å². The number of nitrogens with two attached hydrogens (primary N) is 1. The number of amides is 1. The highest BCUT2D eigenvalue weighted by Gasteiger charge is 1.98. The molecule has 0 aromatic rings. The summed E-state index contributed by atoms with van der Waals surface area (Å²) in [7, 11) is 0. The second-order valence-electron chi connectivity index (χ2n) is 3.07. The first-order valence-corrected chi connectivity index (χ1v) is 4.13. The van der Waals surface area contributed by atoms with Crippen LogP contribution in [0.2, 0.25) is 0 Å². The Bertz CT molecular complexity index is 113. The van der Waals surface area contributed by atoms with Gasteiger partial charge in [-0.1, -0.05) is 13.8 Å². The fourth-order valence-electron chi connectivity index (χ4n) is 0.720. The molecule has 1 amide bonds. The van der Waals surface area contributed by atoms with E-state index in [0.29, 0.717) is 18.9 Å². The minimum absolute atomic E-state index is 0.0631. The van der Waals surface area contributed by atoms with E-state index in [1.54, 1.807) is 0 Å². The fourth-order valence-corrected chi connectivity index (χ4v) is 0.720. The second-order valence-corrected chi connectivity index (χ2v) is 3.07. The minimum atomic E-state index is 0.0631. The van der Waals surface area contributed by atoms with Crippen LogP contribution in [0.3, 0.4) is 0 Å². The molecule has 0 fully saturated rings. The third kappa shape index (κ3) is 7.33. The molecule has 3 N–H and O–H groups in total. The Balaban J connectivity index is 3.17. The first-order valence-electron chi connectivity index (χ1n) is 4.13. The van der Waals surface area contributed by atoms with Crippen LogP contribution in [-0.4, -0.2) is 19.0 Å². The van der Waals surface area contributed by atoms with E-state index >= 15 is 0 Å². The van der Waals surface area contributed by atoms with Crippen LogP contribution in [0.15, 0.2) is 0 Å². The lowest BCUT2D eigenvalue weighted by Crippen LogP contribution is -2.27. The molecule has 0 aliphatic carbocycles. The van der Waals surface area contributed by atoms with Crippen molar-refractivity contribution in [2.75, 3.05) is 13.1 Å². The van der Waals surface area contributed by atoms with Crippen LogP contribution in [0.5, 0.6) is 0 Å². The van der Waals surface area contributed by atoms with Crippen molar-refractivity contribution in [2.45, 2.75) is 26.7 Å². The van der Waals surface area contributed by atoms with Gasteiger partial charge in [-0.25, -0.2) is 0 Å². The summed E-state index contributed by atoms with van der Waals surface area (Å²) in [5, 5.41) is 2.80. The summed E-state index contributed by atoms with van der Waals surface area (Å²) in [6, 6.07) is 0. The van der Waals surface area contributed by atoms with Gasteiger partial charge in [-0.3, -0.25) is 4.79 Å². The number of carbonyl (C=O) groups is 1. The van der Waals surface area contributed by atoms with Gasteiger partial charge in [0, 0.05) is 19.5 Å². The smallest absolute Gasteiger partial charge is 0.221 e. The lowest BCUT2D eigenvalue weighted by molar-refractivity contribution is -0.120. The van der Waals surface area contributed by atoms with Gasteiger partial charge in [-0.05, 0) is 12.3 Å². The molecular weight excluding hydrogens is 140 g/mol. The molecule has 0 saturated heterocycles. The van der Waals surface area contributed by atoms with Crippen LogP contribution in [0.4, 0.5) is 0 Å². The van der Waals surface area contributed by atoms with Crippen molar-refractivity contribution in [2.24, 2.45) is 11.7 Å². The molecule has 3 heteroatoms. The summed E-state index contributed by atoms with van der Waals surface area (Å²) in [5.74, 6) is 0.710. The maximum atomic E-state index is 10.8. The highest BCUT2D eigenvalue weighted by atomic mass is 16.1. The summed E-state index contributed by atoms with van der Waals surface area (Å²) >= 11 is 0. The largest absolute Gasteiger partial charge is 0.356 e.